The quantitative estimate of drug-likeness (QED) is 0.351. The van der Waals surface area contributed by atoms with E-state index >= 15 is 0 Å². The molecule has 11 heteroatoms. The molecule has 0 saturated carbocycles. The summed E-state index contributed by atoms with van der Waals surface area (Å²) in [6.07, 6.45) is 2.13. The summed E-state index contributed by atoms with van der Waals surface area (Å²) < 4.78 is 30.1. The first-order valence-corrected chi connectivity index (χ1v) is 10.5. The summed E-state index contributed by atoms with van der Waals surface area (Å²) in [4.78, 5) is 16.5. The van der Waals surface area contributed by atoms with Crippen LogP contribution in [0.2, 0.25) is 0 Å². The number of rotatable bonds is 6. The second-order valence-electron chi connectivity index (χ2n) is 6.98. The second-order valence-corrected chi connectivity index (χ2v) is 7.62. The Morgan fingerprint density at radius 1 is 1.23 bits per heavy atom. The van der Waals surface area contributed by atoms with Gasteiger partial charge in [-0.3, -0.25) is 14.8 Å². The first-order chi connectivity index (χ1) is 14.6. The van der Waals surface area contributed by atoms with Crippen molar-refractivity contribution in [3.05, 3.63) is 47.9 Å². The summed E-state index contributed by atoms with van der Waals surface area (Å²) in [5.74, 6) is -0.444. The molecule has 0 spiro atoms. The third-order valence-electron chi connectivity index (χ3n) is 4.79. The highest BCUT2D eigenvalue weighted by Gasteiger charge is 2.28. The number of phenolic OH excluding ortho intramolecular Hbond substituents is 1. The smallest absolute Gasteiger partial charge is 0.284 e. The van der Waals surface area contributed by atoms with E-state index in [2.05, 4.69) is 4.40 Å². The number of anilines is 1. The van der Waals surface area contributed by atoms with E-state index in [-0.39, 0.29) is 34.7 Å². The lowest BCUT2D eigenvalue weighted by Crippen LogP contribution is -2.43. The molecule has 10 nitrogen and oxygen atoms in total. The number of hydrogen-bond acceptors (Lipinski definition) is 5. The number of amidine groups is 2. The Balaban J connectivity index is 2.48. The van der Waals surface area contributed by atoms with Gasteiger partial charge in [0, 0.05) is 28.2 Å². The van der Waals surface area contributed by atoms with Gasteiger partial charge in [-0.15, -0.1) is 4.40 Å². The van der Waals surface area contributed by atoms with E-state index in [4.69, 9.17) is 9.83 Å². The minimum atomic E-state index is -2.61. The summed E-state index contributed by atoms with van der Waals surface area (Å²) in [6, 6.07) is 7.77. The molecule has 0 bridgehead atoms. The molecular formula is C20H27N5O5S. The van der Waals surface area contributed by atoms with Crippen LogP contribution in [-0.4, -0.2) is 69.4 Å². The summed E-state index contributed by atoms with van der Waals surface area (Å²) in [5, 5.41) is 19.4. The Labute approximate surface area is 183 Å². The maximum atomic E-state index is 12.4. The third-order valence-corrected chi connectivity index (χ3v) is 5.11. The number of nitrogens with zero attached hydrogens (tertiary/aromatic N) is 4. The monoisotopic (exact) mass is 449 g/mol. The average molecular weight is 450 g/mol. The van der Waals surface area contributed by atoms with Gasteiger partial charge in [0.25, 0.3) is 17.2 Å². The molecule has 0 aliphatic heterocycles. The minimum absolute atomic E-state index is 0.0562. The molecule has 0 fully saturated rings. The van der Waals surface area contributed by atoms with Crippen molar-refractivity contribution in [3.8, 4) is 5.75 Å². The molecular weight excluding hydrogens is 422 g/mol. The van der Waals surface area contributed by atoms with Gasteiger partial charge in [-0.1, -0.05) is 13.0 Å². The molecule has 0 aliphatic rings. The fraction of sp³-hybridized carbons (Fsp3) is 0.350. The number of carbonyl (C=O) groups is 1. The fourth-order valence-corrected chi connectivity index (χ4v) is 3.48. The van der Waals surface area contributed by atoms with Crippen molar-refractivity contribution < 1.29 is 23.1 Å². The summed E-state index contributed by atoms with van der Waals surface area (Å²) in [5.41, 5.74) is 0.210. The summed E-state index contributed by atoms with van der Waals surface area (Å²) in [7, 11) is 6.25. The first kappa shape index (κ1) is 24.1. The van der Waals surface area contributed by atoms with E-state index in [1.54, 1.807) is 44.2 Å². The van der Waals surface area contributed by atoms with E-state index in [1.165, 1.54) is 35.2 Å². The highest BCUT2D eigenvalue weighted by molar-refractivity contribution is 7.78. The van der Waals surface area contributed by atoms with Crippen LogP contribution in [0.15, 0.2) is 45.4 Å². The number of nitrogens with one attached hydrogen (secondary N) is 1. The van der Waals surface area contributed by atoms with Gasteiger partial charge < -0.3 is 24.2 Å². The van der Waals surface area contributed by atoms with E-state index in [9.17, 15) is 18.7 Å². The Hall–Kier alpha value is -3.18. The van der Waals surface area contributed by atoms with E-state index in [1.807, 2.05) is 6.92 Å². The number of furan rings is 1. The molecule has 2 atom stereocenters. The lowest BCUT2D eigenvalue weighted by atomic mass is 10.1. The van der Waals surface area contributed by atoms with Gasteiger partial charge in [-0.25, -0.2) is 4.21 Å². The van der Waals surface area contributed by atoms with Crippen LogP contribution < -0.4 is 4.90 Å². The SMILES string of the molecule is CC[C@H](c1ccco1)N(C)C(=N)C(=NS(=O)O)N(C)c1cccc(C(=O)N(C)C)c1O. The molecule has 0 radical (unpaired) electrons. The predicted molar refractivity (Wildman–Crippen MR) is 120 cm³/mol. The number of amides is 1. The number of benzene rings is 1. The number of likely N-dealkylation sites (N-methyl/N-ethyl adjacent to an activating group) is 2. The topological polar surface area (TPSA) is 134 Å². The number of hydrogen-bond donors (Lipinski definition) is 3. The van der Waals surface area contributed by atoms with Crippen LogP contribution >= 0.6 is 0 Å². The number of phenols is 1. The van der Waals surface area contributed by atoms with E-state index in [0.29, 0.717) is 12.2 Å². The summed E-state index contributed by atoms with van der Waals surface area (Å²) in [6.45, 7) is 1.92. The van der Waals surface area contributed by atoms with Crippen LogP contribution in [0.5, 0.6) is 5.75 Å². The molecule has 3 N–H and O–H groups in total. The van der Waals surface area contributed by atoms with E-state index in [0.717, 1.165) is 0 Å². The highest BCUT2D eigenvalue weighted by atomic mass is 32.2. The maximum Gasteiger partial charge on any atom is 0.284 e. The van der Waals surface area contributed by atoms with Crippen molar-refractivity contribution in [2.75, 3.05) is 33.1 Å². The largest absolute Gasteiger partial charge is 0.505 e. The molecule has 1 unspecified atom stereocenters. The van der Waals surface area contributed by atoms with Crippen LogP contribution in [0, 0.1) is 5.41 Å². The molecule has 1 amide bonds. The van der Waals surface area contributed by atoms with Crippen molar-refractivity contribution in [1.82, 2.24) is 9.80 Å². The van der Waals surface area contributed by atoms with Gasteiger partial charge in [-0.05, 0) is 30.7 Å². The van der Waals surface area contributed by atoms with Gasteiger partial charge in [0.1, 0.15) is 5.76 Å². The molecule has 0 saturated heterocycles. The molecule has 168 valence electrons. The van der Waals surface area contributed by atoms with Gasteiger partial charge in [0.15, 0.2) is 17.4 Å². The van der Waals surface area contributed by atoms with Gasteiger partial charge in [0.2, 0.25) is 0 Å². The third kappa shape index (κ3) is 5.30. The Kier molecular flexibility index (Phi) is 7.95. The van der Waals surface area contributed by atoms with Crippen molar-refractivity contribution in [2.45, 2.75) is 19.4 Å². The van der Waals surface area contributed by atoms with Crippen molar-refractivity contribution in [3.63, 3.8) is 0 Å². The molecule has 1 aromatic carbocycles. The zero-order valence-corrected chi connectivity index (χ0v) is 18.9. The van der Waals surface area contributed by atoms with Crippen LogP contribution in [0.25, 0.3) is 0 Å². The summed E-state index contributed by atoms with van der Waals surface area (Å²) >= 11 is -2.61. The Morgan fingerprint density at radius 3 is 2.42 bits per heavy atom. The predicted octanol–water partition coefficient (Wildman–Crippen LogP) is 2.72. The minimum Gasteiger partial charge on any atom is -0.505 e. The van der Waals surface area contributed by atoms with Gasteiger partial charge in [-0.2, -0.15) is 0 Å². The van der Waals surface area contributed by atoms with Crippen LogP contribution in [0.3, 0.4) is 0 Å². The van der Waals surface area contributed by atoms with Gasteiger partial charge >= 0.3 is 0 Å². The zero-order chi connectivity index (χ0) is 23.3. The molecule has 2 aromatic rings. The molecule has 0 aliphatic carbocycles. The lowest BCUT2D eigenvalue weighted by Gasteiger charge is -2.31. The second kappa shape index (κ2) is 10.2. The fourth-order valence-electron chi connectivity index (χ4n) is 3.13. The molecule has 1 aromatic heterocycles. The average Bonchev–Trinajstić information content (AvgIpc) is 3.25. The molecule has 1 heterocycles. The van der Waals surface area contributed by atoms with Crippen LogP contribution in [0.1, 0.15) is 35.5 Å². The number of para-hydroxylation sites is 1. The van der Waals surface area contributed by atoms with Crippen molar-refractivity contribution in [2.24, 2.45) is 4.40 Å². The van der Waals surface area contributed by atoms with Crippen molar-refractivity contribution >= 4 is 34.5 Å². The lowest BCUT2D eigenvalue weighted by molar-refractivity contribution is 0.0824. The normalized spacial score (nSPS) is 13.4. The number of carbonyl (C=O) groups excluding carboxylic acids is 1. The van der Waals surface area contributed by atoms with Crippen LogP contribution in [0.4, 0.5) is 5.69 Å². The standard InChI is InChI=1S/C20H27N5O5S/c1-6-14(16-11-8-12-30-16)24(4)18(21)19(22-31(28)29)25(5)15-10-7-9-13(17(15)26)20(27)23(2)3/h7-12,14,21,26H,6H2,1-5H3,(H,28,29)/t14-/m1/s1. The van der Waals surface area contributed by atoms with E-state index < -0.39 is 17.2 Å². The molecule has 31 heavy (non-hydrogen) atoms. The van der Waals surface area contributed by atoms with Crippen LogP contribution in [-0.2, 0) is 11.3 Å². The van der Waals surface area contributed by atoms with Crippen molar-refractivity contribution in [1.29, 1.82) is 5.41 Å². The number of aromatic hydroxyl groups is 1. The zero-order valence-electron chi connectivity index (χ0n) is 18.1. The Bertz CT molecular complexity index is 990. The first-order valence-electron chi connectivity index (χ1n) is 9.42. The Morgan fingerprint density at radius 2 is 1.90 bits per heavy atom. The molecule has 2 rings (SSSR count). The highest BCUT2D eigenvalue weighted by Crippen LogP contribution is 2.32. The van der Waals surface area contributed by atoms with Gasteiger partial charge in [0.05, 0.1) is 23.6 Å². The maximum absolute atomic E-state index is 12.4.